The molecule has 0 saturated carbocycles. The van der Waals surface area contributed by atoms with Crippen LogP contribution in [0.1, 0.15) is 26.6 Å². The highest BCUT2D eigenvalue weighted by Crippen LogP contribution is 2.31. The molecule has 1 amide bonds. The maximum Gasteiger partial charge on any atom is 0.275 e. The Bertz CT molecular complexity index is 1220. The Balaban J connectivity index is 1.47. The van der Waals surface area contributed by atoms with Gasteiger partial charge in [0.15, 0.2) is 15.4 Å². The van der Waals surface area contributed by atoms with Crippen LogP contribution >= 0.6 is 27.3 Å². The second-order valence-electron chi connectivity index (χ2n) is 7.48. The molecule has 9 nitrogen and oxygen atoms in total. The highest BCUT2D eigenvalue weighted by molar-refractivity contribution is 9.11. The van der Waals surface area contributed by atoms with Gasteiger partial charge in [-0.05, 0) is 34.5 Å². The third kappa shape index (κ3) is 3.30. The highest BCUT2D eigenvalue weighted by atomic mass is 79.9. The molecule has 5 rings (SSSR count). The quantitative estimate of drug-likeness (QED) is 0.550. The van der Waals surface area contributed by atoms with Gasteiger partial charge in [0, 0.05) is 44.1 Å². The summed E-state index contributed by atoms with van der Waals surface area (Å²) in [6.45, 7) is 4.44. The third-order valence-corrected chi connectivity index (χ3v) is 7.04. The summed E-state index contributed by atoms with van der Waals surface area (Å²) in [5, 5.41) is 4.58. The number of rotatable bonds is 3. The molecular weight excluding hydrogens is 472 g/mol. The molecule has 11 heteroatoms. The van der Waals surface area contributed by atoms with Crippen molar-refractivity contribution in [1.29, 1.82) is 0 Å². The second-order valence-corrected chi connectivity index (χ2v) is 9.84. The fraction of sp³-hybridized carbons (Fsp3) is 0.421. The zero-order valence-corrected chi connectivity index (χ0v) is 18.9. The summed E-state index contributed by atoms with van der Waals surface area (Å²) in [6, 6.07) is 3.07. The minimum Gasteiger partial charge on any atom is -0.378 e. The van der Waals surface area contributed by atoms with E-state index < -0.39 is 0 Å². The van der Waals surface area contributed by atoms with Crippen LogP contribution in [0.5, 0.6) is 0 Å². The zero-order chi connectivity index (χ0) is 21.0. The van der Waals surface area contributed by atoms with E-state index in [1.54, 1.807) is 23.3 Å². The lowest BCUT2D eigenvalue weighted by atomic mass is 10.1. The van der Waals surface area contributed by atoms with E-state index in [0.717, 1.165) is 34.0 Å². The maximum atomic E-state index is 12.7. The number of carbonyl (C=O) groups is 1. The lowest BCUT2D eigenvalue weighted by Crippen LogP contribution is -2.54. The van der Waals surface area contributed by atoms with Crippen molar-refractivity contribution >= 4 is 44.6 Å². The predicted octanol–water partition coefficient (Wildman–Crippen LogP) is 1.65. The molecule has 0 bridgehead atoms. The van der Waals surface area contributed by atoms with E-state index >= 15 is 0 Å². The van der Waals surface area contributed by atoms with E-state index in [1.807, 2.05) is 13.0 Å². The van der Waals surface area contributed by atoms with Crippen molar-refractivity contribution in [2.75, 3.05) is 31.6 Å². The van der Waals surface area contributed by atoms with Gasteiger partial charge in [-0.3, -0.25) is 9.59 Å². The van der Waals surface area contributed by atoms with Gasteiger partial charge in [0.05, 0.1) is 18.3 Å². The first-order valence-electron chi connectivity index (χ1n) is 9.56. The van der Waals surface area contributed by atoms with E-state index in [1.165, 1.54) is 15.5 Å². The maximum absolute atomic E-state index is 12.7. The zero-order valence-electron chi connectivity index (χ0n) is 16.5. The Labute approximate surface area is 184 Å². The molecule has 0 aliphatic carbocycles. The van der Waals surface area contributed by atoms with Crippen molar-refractivity contribution in [2.45, 2.75) is 26.0 Å². The number of nitrogens with zero attached hydrogens (tertiary/aromatic N) is 6. The number of thiazole rings is 1. The number of likely N-dealkylation sites (tertiary alicyclic amines) is 1. The number of anilines is 1. The fourth-order valence-corrected chi connectivity index (χ4v) is 5.45. The molecule has 1 saturated heterocycles. The van der Waals surface area contributed by atoms with Gasteiger partial charge in [-0.25, -0.2) is 9.97 Å². The monoisotopic (exact) mass is 490 g/mol. The van der Waals surface area contributed by atoms with Crippen molar-refractivity contribution in [2.24, 2.45) is 0 Å². The molecule has 2 aliphatic rings. The SMILES string of the molecule is COC1CN(C(=O)c2cc(=O)n3nc(N4CCc5nc(Br)sc5C4)c(C)cc3n2)C1. The van der Waals surface area contributed by atoms with Gasteiger partial charge in [-0.15, -0.1) is 16.4 Å². The predicted molar refractivity (Wildman–Crippen MR) is 115 cm³/mol. The number of fused-ring (bicyclic) bond motifs is 2. The lowest BCUT2D eigenvalue weighted by Gasteiger charge is -2.37. The molecule has 30 heavy (non-hydrogen) atoms. The standard InChI is InChI=1S/C19H19BrN6O3S/c1-10-5-15-21-13(18(28)25-7-11(8-25)29-2)6-16(27)26(15)23-17(10)24-4-3-12-14(9-24)30-19(20)22-12/h5-6,11H,3-4,7-9H2,1-2H3. The number of ether oxygens (including phenoxy) is 1. The number of methoxy groups -OCH3 is 1. The molecule has 0 atom stereocenters. The largest absolute Gasteiger partial charge is 0.378 e. The molecule has 0 radical (unpaired) electrons. The summed E-state index contributed by atoms with van der Waals surface area (Å²) in [5.74, 6) is 0.482. The van der Waals surface area contributed by atoms with E-state index in [2.05, 4.69) is 35.9 Å². The van der Waals surface area contributed by atoms with Crippen LogP contribution < -0.4 is 10.5 Å². The van der Waals surface area contributed by atoms with Crippen molar-refractivity contribution in [3.8, 4) is 0 Å². The third-order valence-electron chi connectivity index (χ3n) is 5.51. The number of aromatic nitrogens is 4. The van der Waals surface area contributed by atoms with Gasteiger partial charge in [-0.1, -0.05) is 0 Å². The van der Waals surface area contributed by atoms with E-state index in [0.29, 0.717) is 25.3 Å². The Kier molecular flexibility index (Phi) is 4.83. The Morgan fingerprint density at radius 1 is 1.30 bits per heavy atom. The second kappa shape index (κ2) is 7.40. The number of hydrogen-bond acceptors (Lipinski definition) is 8. The van der Waals surface area contributed by atoms with Crippen LogP contribution in [-0.2, 0) is 17.7 Å². The van der Waals surface area contributed by atoms with Gasteiger partial charge >= 0.3 is 0 Å². The van der Waals surface area contributed by atoms with E-state index in [9.17, 15) is 9.59 Å². The number of amides is 1. The molecule has 3 aromatic heterocycles. The molecule has 1 fully saturated rings. The van der Waals surface area contributed by atoms with Crippen LogP contribution in [0.3, 0.4) is 0 Å². The van der Waals surface area contributed by atoms with Gasteiger partial charge in [0.1, 0.15) is 5.69 Å². The molecule has 0 aromatic carbocycles. The van der Waals surface area contributed by atoms with Crippen LogP contribution in [0.25, 0.3) is 5.65 Å². The average Bonchev–Trinajstić information content (AvgIpc) is 3.05. The molecule has 0 N–H and O–H groups in total. The minimum absolute atomic E-state index is 0.0474. The summed E-state index contributed by atoms with van der Waals surface area (Å²) in [6.07, 6.45) is 0.876. The summed E-state index contributed by atoms with van der Waals surface area (Å²) >= 11 is 5.07. The van der Waals surface area contributed by atoms with Crippen molar-refractivity contribution in [3.05, 3.63) is 48.2 Å². The van der Waals surface area contributed by atoms with Crippen LogP contribution in [0.2, 0.25) is 0 Å². The van der Waals surface area contributed by atoms with Crippen molar-refractivity contribution < 1.29 is 9.53 Å². The average molecular weight is 491 g/mol. The number of halogens is 1. The first kappa shape index (κ1) is 19.6. The fourth-order valence-electron chi connectivity index (χ4n) is 3.80. The summed E-state index contributed by atoms with van der Waals surface area (Å²) < 4.78 is 7.36. The topological polar surface area (TPSA) is 92.9 Å². The van der Waals surface area contributed by atoms with Crippen LogP contribution in [-0.4, -0.2) is 63.2 Å². The van der Waals surface area contributed by atoms with Gasteiger partial charge < -0.3 is 14.5 Å². The first-order chi connectivity index (χ1) is 14.4. The highest BCUT2D eigenvalue weighted by Gasteiger charge is 2.32. The molecule has 2 aliphatic heterocycles. The Morgan fingerprint density at radius 3 is 2.87 bits per heavy atom. The van der Waals surface area contributed by atoms with Crippen molar-refractivity contribution in [1.82, 2.24) is 24.5 Å². The Hall–Kier alpha value is -2.37. The molecule has 0 spiro atoms. The summed E-state index contributed by atoms with van der Waals surface area (Å²) in [7, 11) is 1.62. The molecule has 5 heterocycles. The molecular formula is C19H19BrN6O3S. The van der Waals surface area contributed by atoms with Crippen molar-refractivity contribution in [3.63, 3.8) is 0 Å². The van der Waals surface area contributed by atoms with Crippen LogP contribution in [0.15, 0.2) is 20.8 Å². The smallest absolute Gasteiger partial charge is 0.275 e. The van der Waals surface area contributed by atoms with Crippen LogP contribution in [0, 0.1) is 6.92 Å². The minimum atomic E-state index is -0.369. The molecule has 156 valence electrons. The summed E-state index contributed by atoms with van der Waals surface area (Å²) in [4.78, 5) is 39.3. The summed E-state index contributed by atoms with van der Waals surface area (Å²) in [5.41, 5.74) is 2.16. The van der Waals surface area contributed by atoms with E-state index in [-0.39, 0.29) is 23.3 Å². The normalized spacial score (nSPS) is 16.6. The first-order valence-corrected chi connectivity index (χ1v) is 11.2. The van der Waals surface area contributed by atoms with Gasteiger partial charge in [-0.2, -0.15) is 4.52 Å². The lowest BCUT2D eigenvalue weighted by molar-refractivity contribution is -0.0194. The molecule has 3 aromatic rings. The van der Waals surface area contributed by atoms with E-state index in [4.69, 9.17) is 4.74 Å². The number of hydrogen-bond donors (Lipinski definition) is 0. The number of carbonyl (C=O) groups excluding carboxylic acids is 1. The number of aryl methyl sites for hydroxylation is 1. The van der Waals surface area contributed by atoms with Gasteiger partial charge in [0.25, 0.3) is 11.5 Å². The van der Waals surface area contributed by atoms with Crippen LogP contribution in [0.4, 0.5) is 5.82 Å². The van der Waals surface area contributed by atoms with Gasteiger partial charge in [0.2, 0.25) is 0 Å². The Morgan fingerprint density at radius 2 is 2.10 bits per heavy atom. The molecule has 0 unspecified atom stereocenters.